The molecule has 11 heteroatoms. The molecule has 0 spiro atoms. The number of rotatable bonds is 7. The van der Waals surface area contributed by atoms with Crippen LogP contribution >= 0.6 is 11.6 Å². The van der Waals surface area contributed by atoms with Gasteiger partial charge in [0.25, 0.3) is 0 Å². The number of sulfonamides is 1. The lowest BCUT2D eigenvalue weighted by Crippen LogP contribution is -2.40. The van der Waals surface area contributed by atoms with Crippen LogP contribution in [0.4, 0.5) is 17.2 Å². The number of morpholine rings is 1. The van der Waals surface area contributed by atoms with Gasteiger partial charge in [-0.15, -0.1) is 0 Å². The molecule has 0 bridgehead atoms. The third-order valence-corrected chi connectivity index (χ3v) is 7.77. The van der Waals surface area contributed by atoms with Crippen LogP contribution in [0.25, 0.3) is 11.0 Å². The van der Waals surface area contributed by atoms with Crippen LogP contribution in [0.1, 0.15) is 12.8 Å². The number of pyridine rings is 1. The van der Waals surface area contributed by atoms with Crippen LogP contribution in [0.2, 0.25) is 5.02 Å². The van der Waals surface area contributed by atoms with Crippen molar-refractivity contribution in [3.8, 4) is 5.75 Å². The number of nitrogens with one attached hydrogen (secondary N) is 3. The number of aromatic amines is 1. The Balaban J connectivity index is 1.46. The summed E-state index contributed by atoms with van der Waals surface area (Å²) in [6, 6.07) is 7.13. The van der Waals surface area contributed by atoms with E-state index >= 15 is 0 Å². The Bertz CT molecular complexity index is 1250. The van der Waals surface area contributed by atoms with Gasteiger partial charge in [-0.3, -0.25) is 0 Å². The van der Waals surface area contributed by atoms with Gasteiger partial charge < -0.3 is 25.1 Å². The molecule has 5 rings (SSSR count). The molecule has 0 radical (unpaired) electrons. The van der Waals surface area contributed by atoms with Gasteiger partial charge in [-0.1, -0.05) is 11.6 Å². The van der Waals surface area contributed by atoms with Gasteiger partial charge in [0.1, 0.15) is 17.2 Å². The van der Waals surface area contributed by atoms with Crippen molar-refractivity contribution in [2.75, 3.05) is 44.0 Å². The average Bonchev–Trinajstić information content (AvgIpc) is 3.54. The van der Waals surface area contributed by atoms with Crippen molar-refractivity contribution in [1.29, 1.82) is 0 Å². The molecule has 1 saturated heterocycles. The Labute approximate surface area is 191 Å². The molecule has 32 heavy (non-hydrogen) atoms. The molecule has 0 amide bonds. The number of benzene rings is 1. The highest BCUT2D eigenvalue weighted by Crippen LogP contribution is 2.37. The van der Waals surface area contributed by atoms with E-state index in [1.54, 1.807) is 18.3 Å². The van der Waals surface area contributed by atoms with Gasteiger partial charge in [0, 0.05) is 37.5 Å². The van der Waals surface area contributed by atoms with Crippen molar-refractivity contribution in [1.82, 2.24) is 14.3 Å². The normalized spacial score (nSPS) is 17.4. The number of ether oxygens (including phenoxy) is 2. The second-order valence-corrected chi connectivity index (χ2v) is 10.2. The molecule has 2 aromatic heterocycles. The fraction of sp³-hybridized carbons (Fsp3) is 0.381. The molecule has 9 nitrogen and oxygen atoms in total. The van der Waals surface area contributed by atoms with Gasteiger partial charge in [-0.05, 0) is 25.0 Å². The van der Waals surface area contributed by atoms with Gasteiger partial charge in [0.05, 0.1) is 47.0 Å². The van der Waals surface area contributed by atoms with E-state index < -0.39 is 10.0 Å². The highest BCUT2D eigenvalue weighted by molar-refractivity contribution is 7.89. The summed E-state index contributed by atoms with van der Waals surface area (Å²) in [6.45, 7) is 1.46. The molecule has 3 N–H and O–H groups in total. The SMILES string of the molecule is COc1cc(S(=O)(=O)N2CCOCC2)ccc1Nc1cc(NC2CC2)c2c(Cl)c[nH]c2n1. The largest absolute Gasteiger partial charge is 0.495 e. The molecule has 2 fully saturated rings. The first-order valence-electron chi connectivity index (χ1n) is 10.4. The second-order valence-electron chi connectivity index (χ2n) is 7.84. The minimum atomic E-state index is -3.62. The molecular formula is C21H24ClN5O4S. The molecular weight excluding hydrogens is 454 g/mol. The first-order chi connectivity index (χ1) is 15.5. The molecule has 0 unspecified atom stereocenters. The smallest absolute Gasteiger partial charge is 0.243 e. The zero-order valence-corrected chi connectivity index (χ0v) is 19.1. The number of fused-ring (bicyclic) bond motifs is 1. The quantitative estimate of drug-likeness (QED) is 0.477. The maximum Gasteiger partial charge on any atom is 0.243 e. The Morgan fingerprint density at radius 1 is 1.22 bits per heavy atom. The van der Waals surface area contributed by atoms with Gasteiger partial charge >= 0.3 is 0 Å². The zero-order valence-electron chi connectivity index (χ0n) is 17.5. The number of hydrogen-bond donors (Lipinski definition) is 3. The monoisotopic (exact) mass is 477 g/mol. The van der Waals surface area contributed by atoms with Gasteiger partial charge in [-0.25, -0.2) is 13.4 Å². The number of halogens is 1. The number of nitrogens with zero attached hydrogens (tertiary/aromatic N) is 2. The van der Waals surface area contributed by atoms with Crippen molar-refractivity contribution < 1.29 is 17.9 Å². The van der Waals surface area contributed by atoms with E-state index in [1.807, 2.05) is 6.07 Å². The van der Waals surface area contributed by atoms with Gasteiger partial charge in [0.15, 0.2) is 0 Å². The van der Waals surface area contributed by atoms with E-state index in [1.165, 1.54) is 17.5 Å². The fourth-order valence-corrected chi connectivity index (χ4v) is 5.40. The lowest BCUT2D eigenvalue weighted by Gasteiger charge is -2.26. The summed E-state index contributed by atoms with van der Waals surface area (Å²) in [6.07, 6.45) is 3.97. The lowest BCUT2D eigenvalue weighted by molar-refractivity contribution is 0.0730. The van der Waals surface area contributed by atoms with Crippen molar-refractivity contribution in [3.63, 3.8) is 0 Å². The van der Waals surface area contributed by atoms with E-state index in [4.69, 9.17) is 21.1 Å². The molecule has 3 heterocycles. The van der Waals surface area contributed by atoms with E-state index in [-0.39, 0.29) is 4.90 Å². The highest BCUT2D eigenvalue weighted by atomic mass is 35.5. The Morgan fingerprint density at radius 2 is 2.00 bits per heavy atom. The maximum atomic E-state index is 13.0. The summed E-state index contributed by atoms with van der Waals surface area (Å²) in [5.74, 6) is 0.990. The predicted octanol–water partition coefficient (Wildman–Crippen LogP) is 3.56. The summed E-state index contributed by atoms with van der Waals surface area (Å²) < 4.78 is 38.2. The number of aromatic nitrogens is 2. The van der Waals surface area contributed by atoms with E-state index in [2.05, 4.69) is 20.6 Å². The second kappa shape index (κ2) is 8.43. The minimum absolute atomic E-state index is 0.178. The van der Waals surface area contributed by atoms with Crippen LogP contribution in [0.15, 0.2) is 35.4 Å². The maximum absolute atomic E-state index is 13.0. The van der Waals surface area contributed by atoms with E-state index in [0.29, 0.717) is 60.3 Å². The molecule has 170 valence electrons. The first kappa shape index (κ1) is 21.3. The summed E-state index contributed by atoms with van der Waals surface area (Å²) in [5.41, 5.74) is 2.17. The van der Waals surface area contributed by atoms with Crippen LogP contribution in [-0.4, -0.2) is 62.1 Å². The van der Waals surface area contributed by atoms with Crippen LogP contribution in [0.3, 0.4) is 0 Å². The van der Waals surface area contributed by atoms with Crippen LogP contribution < -0.4 is 15.4 Å². The number of hydrogen-bond acceptors (Lipinski definition) is 7. The van der Waals surface area contributed by atoms with Crippen molar-refractivity contribution >= 4 is 49.9 Å². The van der Waals surface area contributed by atoms with E-state index in [0.717, 1.165) is 23.9 Å². The Kier molecular flexibility index (Phi) is 5.62. The molecule has 0 atom stereocenters. The molecule has 1 aliphatic heterocycles. The average molecular weight is 478 g/mol. The minimum Gasteiger partial charge on any atom is -0.495 e. The summed E-state index contributed by atoms with van der Waals surface area (Å²) >= 11 is 6.35. The summed E-state index contributed by atoms with van der Waals surface area (Å²) in [4.78, 5) is 7.88. The van der Waals surface area contributed by atoms with Crippen molar-refractivity contribution in [3.05, 3.63) is 35.5 Å². The van der Waals surface area contributed by atoms with Crippen LogP contribution in [0, 0.1) is 0 Å². The lowest BCUT2D eigenvalue weighted by atomic mass is 10.2. The number of anilines is 3. The summed E-state index contributed by atoms with van der Waals surface area (Å²) in [5, 5.41) is 8.20. The number of H-pyrrole nitrogens is 1. The highest BCUT2D eigenvalue weighted by Gasteiger charge is 2.27. The zero-order chi connectivity index (χ0) is 22.3. The van der Waals surface area contributed by atoms with Crippen LogP contribution in [0.5, 0.6) is 5.75 Å². The van der Waals surface area contributed by atoms with Gasteiger partial charge in [0.2, 0.25) is 10.0 Å². The molecule has 2 aliphatic rings. The molecule has 1 saturated carbocycles. The molecule has 3 aromatic rings. The summed E-state index contributed by atoms with van der Waals surface area (Å²) in [7, 11) is -2.12. The van der Waals surface area contributed by atoms with E-state index in [9.17, 15) is 8.42 Å². The molecule has 1 aromatic carbocycles. The Hall–Kier alpha value is -2.53. The van der Waals surface area contributed by atoms with Crippen molar-refractivity contribution in [2.24, 2.45) is 0 Å². The topological polar surface area (TPSA) is 109 Å². The van der Waals surface area contributed by atoms with Gasteiger partial charge in [-0.2, -0.15) is 4.31 Å². The third-order valence-electron chi connectivity index (χ3n) is 5.57. The number of methoxy groups -OCH3 is 1. The molecule has 1 aliphatic carbocycles. The first-order valence-corrected chi connectivity index (χ1v) is 12.2. The van der Waals surface area contributed by atoms with Crippen LogP contribution in [-0.2, 0) is 14.8 Å². The third kappa shape index (κ3) is 4.11. The fourth-order valence-electron chi connectivity index (χ4n) is 3.73. The predicted molar refractivity (Wildman–Crippen MR) is 124 cm³/mol. The van der Waals surface area contributed by atoms with Crippen molar-refractivity contribution in [2.45, 2.75) is 23.8 Å². The standard InChI is InChI=1S/C21H24ClN5O4S/c1-30-18-10-14(32(28,29)27-6-8-31-9-7-27)4-5-16(18)25-19-11-17(24-13-2-3-13)20-15(22)12-23-21(20)26-19/h4-5,10-13H,2-3,6-9H2,1H3,(H3,23,24,25,26). The Morgan fingerprint density at radius 3 is 2.72 bits per heavy atom.